The predicted octanol–water partition coefficient (Wildman–Crippen LogP) is 5.52. The number of aliphatic hydroxyl groups is 2. The molecule has 72 heavy (non-hydrogen) atoms. The third-order valence-electron chi connectivity index (χ3n) is 14.2. The van der Waals surface area contributed by atoms with E-state index in [4.69, 9.17) is 21.1 Å². The maximum atomic E-state index is 14.2. The summed E-state index contributed by atoms with van der Waals surface area (Å²) in [6, 6.07) is 15.3. The number of carbonyl (C=O) groups excluding carboxylic acids is 4. The zero-order valence-corrected chi connectivity index (χ0v) is 44.0. The Labute approximate surface area is 431 Å². The maximum Gasteiger partial charge on any atom is 0.253 e. The molecule has 19 heteroatoms. The number of rotatable bonds is 17. The molecule has 4 aromatic rings. The van der Waals surface area contributed by atoms with Crippen LogP contribution in [0, 0.1) is 34.5 Å². The lowest BCUT2D eigenvalue weighted by molar-refractivity contribution is -0.164. The smallest absolute Gasteiger partial charge is 0.253 e. The van der Waals surface area contributed by atoms with Gasteiger partial charge in [0.25, 0.3) is 5.91 Å². The molecule has 4 heterocycles. The number of pyridine rings is 1. The number of benzene rings is 2. The first-order valence-corrected chi connectivity index (χ1v) is 25.8. The Morgan fingerprint density at radius 3 is 2.35 bits per heavy atom. The van der Waals surface area contributed by atoms with Crippen LogP contribution in [0.4, 0.5) is 5.82 Å². The van der Waals surface area contributed by atoms with Crippen molar-refractivity contribution in [2.24, 2.45) is 16.2 Å². The number of aliphatic hydroxyl groups excluding tert-OH is 2. The van der Waals surface area contributed by atoms with Gasteiger partial charge in [-0.15, -0.1) is 11.3 Å². The number of carbonyl (C=O) groups is 4. The van der Waals surface area contributed by atoms with Gasteiger partial charge in [0, 0.05) is 68.3 Å². The van der Waals surface area contributed by atoms with Crippen LogP contribution in [0.25, 0.3) is 10.4 Å². The van der Waals surface area contributed by atoms with Crippen LogP contribution in [0.3, 0.4) is 0 Å². The Balaban J connectivity index is 0.850. The number of nitrogens with one attached hydrogen (secondary N) is 3. The number of ether oxygens (including phenoxy) is 2. The molecule has 1 unspecified atom stereocenters. The molecular formula is C53H68ClN9O8S. The van der Waals surface area contributed by atoms with Gasteiger partial charge in [-0.2, -0.15) is 5.26 Å². The highest BCUT2D eigenvalue weighted by Crippen LogP contribution is 2.55. The minimum atomic E-state index is -1.02. The lowest BCUT2D eigenvalue weighted by Crippen LogP contribution is -2.74. The molecule has 17 nitrogen and oxygen atoms in total. The fourth-order valence-electron chi connectivity index (χ4n) is 10.6. The van der Waals surface area contributed by atoms with Gasteiger partial charge in [-0.25, -0.2) is 9.97 Å². The van der Waals surface area contributed by atoms with Gasteiger partial charge in [-0.05, 0) is 60.7 Å². The number of aromatic nitrogens is 2. The second kappa shape index (κ2) is 22.6. The minimum absolute atomic E-state index is 0.0141. The van der Waals surface area contributed by atoms with E-state index in [1.807, 2.05) is 58.0 Å². The van der Waals surface area contributed by atoms with Crippen molar-refractivity contribution in [1.82, 2.24) is 35.7 Å². The first-order chi connectivity index (χ1) is 34.1. The number of β-amino-alcohol motifs (C(OH)–C–C–N with tert-alkyl or cyclic N) is 1. The molecule has 2 aliphatic heterocycles. The molecule has 4 amide bonds. The van der Waals surface area contributed by atoms with E-state index in [2.05, 4.69) is 69.5 Å². The number of nitrogens with zero attached hydrogens (tertiary/aromatic N) is 6. The van der Waals surface area contributed by atoms with Crippen molar-refractivity contribution in [3.63, 3.8) is 0 Å². The standard InChI is InChI=1S/C53H68ClN9O8S/c1-32-44(72-31-57-32)34-12-10-33(11-13-34)40(29-64)58-47(68)41-24-37(65)28-63(41)48(69)45(51(2,3)4)59-43(66)30-70-23-22-61-18-9-19-62(21-20-61)42-17-15-36(27-56-42)46(67)60-49-52(5,6)50(53(49,7)8)71-38-16-14-35(26-55)39(54)25-38/h10-17,25,27,31,37,40-41,45,49-50,64-65H,9,18-24,28-30H2,1-8H3,(H,58,68)(H,59,66)(H,60,67)/t37-,40+,41?,45-,49?,50?/m1/s1. The predicted molar refractivity (Wildman–Crippen MR) is 275 cm³/mol. The number of amides is 4. The van der Waals surface area contributed by atoms with Crippen molar-refractivity contribution >= 4 is 52.4 Å². The molecule has 0 radical (unpaired) electrons. The second-order valence-corrected chi connectivity index (χ2v) is 22.6. The summed E-state index contributed by atoms with van der Waals surface area (Å²) < 4.78 is 12.2. The normalized spacial score (nSPS) is 21.6. The van der Waals surface area contributed by atoms with Gasteiger partial charge >= 0.3 is 0 Å². The average molecular weight is 1030 g/mol. The number of hydrogen-bond donors (Lipinski definition) is 5. The van der Waals surface area contributed by atoms with E-state index < -0.39 is 58.2 Å². The van der Waals surface area contributed by atoms with E-state index in [-0.39, 0.29) is 50.8 Å². The van der Waals surface area contributed by atoms with Crippen LogP contribution in [0.1, 0.15) is 94.5 Å². The van der Waals surface area contributed by atoms with E-state index >= 15 is 0 Å². The Morgan fingerprint density at radius 2 is 1.72 bits per heavy atom. The molecule has 2 aromatic carbocycles. The third-order valence-corrected chi connectivity index (χ3v) is 15.5. The molecule has 1 saturated carbocycles. The second-order valence-electron chi connectivity index (χ2n) is 21.3. The Hall–Kier alpha value is -5.68. The molecule has 2 saturated heterocycles. The molecule has 0 spiro atoms. The Morgan fingerprint density at radius 1 is 0.986 bits per heavy atom. The molecule has 3 fully saturated rings. The van der Waals surface area contributed by atoms with Crippen LogP contribution in [0.15, 0.2) is 66.3 Å². The molecule has 2 aromatic heterocycles. The number of hydrogen-bond acceptors (Lipinski definition) is 14. The SMILES string of the molecule is Cc1ncsc1-c1ccc([C@H](CO)NC(=O)C2C[C@@H](O)CN2C(=O)[C@@H](NC(=O)COCCN2CCCN(c3ccc(C(=O)NC4C(C)(C)C(Oc5ccc(C#N)c(Cl)c5)C4(C)C)cn3)CC2)C(C)(C)C)cc1. The minimum Gasteiger partial charge on any atom is -0.489 e. The largest absolute Gasteiger partial charge is 0.489 e. The van der Waals surface area contributed by atoms with Crippen LogP contribution < -0.4 is 25.6 Å². The van der Waals surface area contributed by atoms with Crippen molar-refractivity contribution in [3.8, 4) is 22.3 Å². The molecule has 4 atom stereocenters. The number of nitriles is 1. The highest BCUT2D eigenvalue weighted by molar-refractivity contribution is 7.13. The summed E-state index contributed by atoms with van der Waals surface area (Å²) in [5.41, 5.74) is 3.63. The molecule has 5 N–H and O–H groups in total. The van der Waals surface area contributed by atoms with E-state index in [1.165, 1.54) is 16.2 Å². The van der Waals surface area contributed by atoms with E-state index in [9.17, 15) is 34.7 Å². The molecule has 386 valence electrons. The lowest BCUT2D eigenvalue weighted by Gasteiger charge is -2.63. The maximum absolute atomic E-state index is 14.2. The number of halogens is 1. The summed E-state index contributed by atoms with van der Waals surface area (Å²) in [6.45, 7) is 18.8. The molecule has 7 rings (SSSR count). The van der Waals surface area contributed by atoms with Crippen LogP contribution in [0.2, 0.25) is 5.02 Å². The number of anilines is 1. The van der Waals surface area contributed by atoms with Crippen LogP contribution in [0.5, 0.6) is 5.75 Å². The van der Waals surface area contributed by atoms with Crippen molar-refractivity contribution in [3.05, 3.63) is 93.7 Å². The number of aryl methyl sites for hydroxylation is 1. The lowest BCUT2D eigenvalue weighted by atomic mass is 9.49. The first-order valence-electron chi connectivity index (χ1n) is 24.5. The Bertz CT molecular complexity index is 2600. The topological polar surface area (TPSA) is 223 Å². The molecule has 3 aliphatic rings. The van der Waals surface area contributed by atoms with Crippen molar-refractivity contribution in [2.45, 2.75) is 105 Å². The van der Waals surface area contributed by atoms with Crippen molar-refractivity contribution in [2.75, 3.05) is 64.0 Å². The van der Waals surface area contributed by atoms with Gasteiger partial charge in [-0.3, -0.25) is 24.1 Å². The summed E-state index contributed by atoms with van der Waals surface area (Å²) >= 11 is 7.79. The van der Waals surface area contributed by atoms with Gasteiger partial charge in [0.1, 0.15) is 42.4 Å². The highest BCUT2D eigenvalue weighted by Gasteiger charge is 2.64. The fraction of sp³-hybridized carbons (Fsp3) is 0.528. The van der Waals surface area contributed by atoms with Gasteiger partial charge in [0.2, 0.25) is 17.7 Å². The fourth-order valence-corrected chi connectivity index (χ4v) is 11.6. The average Bonchev–Trinajstić information content (AvgIpc) is 3.88. The first kappa shape index (κ1) is 54.1. The van der Waals surface area contributed by atoms with Gasteiger partial charge in [0.05, 0.1) is 57.6 Å². The van der Waals surface area contributed by atoms with E-state index in [1.54, 1.807) is 36.0 Å². The third kappa shape index (κ3) is 12.2. The highest BCUT2D eigenvalue weighted by atomic mass is 35.5. The summed E-state index contributed by atoms with van der Waals surface area (Å²) in [4.78, 5) is 70.6. The summed E-state index contributed by atoms with van der Waals surface area (Å²) in [5, 5.41) is 39.5. The van der Waals surface area contributed by atoms with Crippen LogP contribution in [-0.4, -0.2) is 143 Å². The number of likely N-dealkylation sites (tertiary alicyclic amines) is 1. The quantitative estimate of drug-likeness (QED) is 0.0824. The van der Waals surface area contributed by atoms with E-state index in [0.717, 1.165) is 48.0 Å². The van der Waals surface area contributed by atoms with Gasteiger partial charge in [-0.1, -0.05) is 84.3 Å². The monoisotopic (exact) mass is 1030 g/mol. The molecule has 1 aliphatic carbocycles. The Kier molecular flexibility index (Phi) is 17.0. The zero-order chi connectivity index (χ0) is 52.1. The van der Waals surface area contributed by atoms with Crippen LogP contribution in [-0.2, 0) is 19.1 Å². The van der Waals surface area contributed by atoms with Crippen LogP contribution >= 0.6 is 22.9 Å². The molecular weight excluding hydrogens is 958 g/mol. The zero-order valence-electron chi connectivity index (χ0n) is 42.4. The molecule has 0 bridgehead atoms. The van der Waals surface area contributed by atoms with Crippen molar-refractivity contribution in [1.29, 1.82) is 5.26 Å². The van der Waals surface area contributed by atoms with E-state index in [0.29, 0.717) is 40.6 Å². The van der Waals surface area contributed by atoms with Crippen molar-refractivity contribution < 1.29 is 38.9 Å². The summed E-state index contributed by atoms with van der Waals surface area (Å²) in [5.74, 6) is -0.353. The summed E-state index contributed by atoms with van der Waals surface area (Å²) in [7, 11) is 0. The number of thiazole rings is 1. The van der Waals surface area contributed by atoms with Gasteiger partial charge in [0.15, 0.2) is 0 Å². The van der Waals surface area contributed by atoms with Gasteiger partial charge < -0.3 is 45.4 Å². The summed E-state index contributed by atoms with van der Waals surface area (Å²) in [6.07, 6.45) is 1.32.